The van der Waals surface area contributed by atoms with Crippen molar-refractivity contribution < 1.29 is 14.7 Å². The summed E-state index contributed by atoms with van der Waals surface area (Å²) in [5.41, 5.74) is 1.48. The van der Waals surface area contributed by atoms with Crippen LogP contribution in [0.5, 0.6) is 0 Å². The minimum absolute atomic E-state index is 0.187. The van der Waals surface area contributed by atoms with E-state index in [1.165, 1.54) is 0 Å². The Hall–Kier alpha value is -1.85. The summed E-state index contributed by atoms with van der Waals surface area (Å²) < 4.78 is 1.72. The number of aliphatic carboxylic acids is 1. The molecule has 1 heterocycles. The maximum Gasteiger partial charge on any atom is 0.307 e. The number of aromatic nitrogens is 2. The molecule has 1 aliphatic rings. The van der Waals surface area contributed by atoms with E-state index in [9.17, 15) is 9.59 Å². The van der Waals surface area contributed by atoms with Crippen LogP contribution in [0.3, 0.4) is 0 Å². The van der Waals surface area contributed by atoms with E-state index in [0.29, 0.717) is 6.54 Å². The Bertz CT molecular complexity index is 548. The topological polar surface area (TPSA) is 84.2 Å². The average Bonchev–Trinajstić information content (AvgIpc) is 2.76. The molecule has 0 aromatic carbocycles. The summed E-state index contributed by atoms with van der Waals surface area (Å²) >= 11 is 0. The van der Waals surface area contributed by atoms with Crippen molar-refractivity contribution >= 4 is 11.9 Å². The zero-order valence-corrected chi connectivity index (χ0v) is 12.3. The van der Waals surface area contributed by atoms with E-state index < -0.39 is 23.2 Å². The predicted molar refractivity (Wildman–Crippen MR) is 72.8 cm³/mol. The molecule has 1 saturated carbocycles. The zero-order chi connectivity index (χ0) is 15.1. The molecule has 20 heavy (non-hydrogen) atoms. The van der Waals surface area contributed by atoms with Gasteiger partial charge in [0.05, 0.1) is 17.5 Å². The van der Waals surface area contributed by atoms with Crippen LogP contribution in [0.2, 0.25) is 0 Å². The Morgan fingerprint density at radius 2 is 2.10 bits per heavy atom. The molecule has 1 aliphatic carbocycles. The van der Waals surface area contributed by atoms with Crippen molar-refractivity contribution in [3.63, 3.8) is 0 Å². The predicted octanol–water partition coefficient (Wildman–Crippen LogP) is 0.955. The lowest BCUT2D eigenvalue weighted by Crippen LogP contribution is -2.27. The molecule has 0 unspecified atom stereocenters. The van der Waals surface area contributed by atoms with Gasteiger partial charge in [-0.25, -0.2) is 0 Å². The highest BCUT2D eigenvalue weighted by atomic mass is 16.4. The number of carboxylic acid groups (broad SMARTS) is 1. The highest BCUT2D eigenvalue weighted by Gasteiger charge is 2.65. The molecule has 1 aromatic heterocycles. The van der Waals surface area contributed by atoms with E-state index in [-0.39, 0.29) is 5.91 Å². The van der Waals surface area contributed by atoms with Crippen LogP contribution >= 0.6 is 0 Å². The molecule has 0 bridgehead atoms. The second-order valence-corrected chi connectivity index (χ2v) is 5.96. The van der Waals surface area contributed by atoms with Crippen molar-refractivity contribution in [3.05, 3.63) is 17.5 Å². The van der Waals surface area contributed by atoms with Crippen LogP contribution in [0, 0.1) is 17.3 Å². The van der Waals surface area contributed by atoms with E-state index in [4.69, 9.17) is 5.11 Å². The number of carbonyl (C=O) groups excluding carboxylic acids is 1. The summed E-state index contributed by atoms with van der Waals surface area (Å²) in [5.74, 6) is -2.11. The summed E-state index contributed by atoms with van der Waals surface area (Å²) in [4.78, 5) is 23.2. The molecule has 110 valence electrons. The molecule has 0 spiro atoms. The van der Waals surface area contributed by atoms with Crippen LogP contribution in [0.1, 0.15) is 32.0 Å². The van der Waals surface area contributed by atoms with Gasteiger partial charge >= 0.3 is 5.97 Å². The van der Waals surface area contributed by atoms with Gasteiger partial charge in [-0.3, -0.25) is 14.3 Å². The molecule has 2 rings (SSSR count). The third kappa shape index (κ3) is 2.42. The highest BCUT2D eigenvalue weighted by Crippen LogP contribution is 2.58. The fourth-order valence-corrected chi connectivity index (χ4v) is 2.91. The SMILES string of the molecule is CCc1nn(C)cc1CNC(=O)[C@H]1[C@@H](C(=O)O)C1(C)C. The normalized spacial score (nSPS) is 23.4. The van der Waals surface area contributed by atoms with Crippen LogP contribution in [0.4, 0.5) is 0 Å². The van der Waals surface area contributed by atoms with Crippen molar-refractivity contribution in [1.29, 1.82) is 0 Å². The van der Waals surface area contributed by atoms with Crippen molar-refractivity contribution in [1.82, 2.24) is 15.1 Å². The lowest BCUT2D eigenvalue weighted by molar-refractivity contribution is -0.140. The van der Waals surface area contributed by atoms with Gasteiger partial charge in [-0.1, -0.05) is 20.8 Å². The monoisotopic (exact) mass is 279 g/mol. The lowest BCUT2D eigenvalue weighted by Gasteiger charge is -2.05. The summed E-state index contributed by atoms with van der Waals surface area (Å²) in [6, 6.07) is 0. The number of aryl methyl sites for hydroxylation is 2. The van der Waals surface area contributed by atoms with Gasteiger partial charge in [0.15, 0.2) is 0 Å². The van der Waals surface area contributed by atoms with E-state index in [0.717, 1.165) is 17.7 Å². The minimum atomic E-state index is -0.897. The molecule has 6 heteroatoms. The number of carboxylic acids is 1. The van der Waals surface area contributed by atoms with Gasteiger partial charge in [0.2, 0.25) is 5.91 Å². The molecule has 0 saturated heterocycles. The molecule has 1 fully saturated rings. The van der Waals surface area contributed by atoms with Crippen molar-refractivity contribution in [2.24, 2.45) is 24.3 Å². The van der Waals surface area contributed by atoms with Gasteiger partial charge in [0.1, 0.15) is 0 Å². The maximum absolute atomic E-state index is 12.1. The fourth-order valence-electron chi connectivity index (χ4n) is 2.91. The van der Waals surface area contributed by atoms with Crippen LogP contribution in [-0.2, 0) is 29.6 Å². The van der Waals surface area contributed by atoms with Crippen LogP contribution < -0.4 is 5.32 Å². The molecule has 1 aromatic rings. The molecule has 0 aliphatic heterocycles. The van der Waals surface area contributed by atoms with Crippen LogP contribution in [-0.4, -0.2) is 26.8 Å². The Kier molecular flexibility index (Phi) is 3.58. The summed E-state index contributed by atoms with van der Waals surface area (Å²) in [5, 5.41) is 16.2. The zero-order valence-electron chi connectivity index (χ0n) is 12.3. The highest BCUT2D eigenvalue weighted by molar-refractivity contribution is 5.91. The summed E-state index contributed by atoms with van der Waals surface area (Å²) in [6.07, 6.45) is 2.69. The first kappa shape index (κ1) is 14.6. The third-order valence-electron chi connectivity index (χ3n) is 4.16. The molecule has 1 amide bonds. The largest absolute Gasteiger partial charge is 0.481 e. The number of nitrogens with zero attached hydrogens (tertiary/aromatic N) is 2. The molecule has 6 nitrogen and oxygen atoms in total. The fraction of sp³-hybridized carbons (Fsp3) is 0.643. The Morgan fingerprint density at radius 3 is 2.60 bits per heavy atom. The van der Waals surface area contributed by atoms with E-state index in [1.54, 1.807) is 4.68 Å². The average molecular weight is 279 g/mol. The first-order chi connectivity index (χ1) is 9.28. The molecular formula is C14H21N3O3. The summed E-state index contributed by atoms with van der Waals surface area (Å²) in [6.45, 7) is 6.04. The Balaban J connectivity index is 1.98. The quantitative estimate of drug-likeness (QED) is 0.840. The van der Waals surface area contributed by atoms with Gasteiger partial charge in [0, 0.05) is 25.4 Å². The first-order valence-corrected chi connectivity index (χ1v) is 6.81. The van der Waals surface area contributed by atoms with E-state index in [1.807, 2.05) is 34.0 Å². The first-order valence-electron chi connectivity index (χ1n) is 6.81. The smallest absolute Gasteiger partial charge is 0.307 e. The van der Waals surface area contributed by atoms with Crippen molar-refractivity contribution in [2.75, 3.05) is 0 Å². The summed E-state index contributed by atoms with van der Waals surface area (Å²) in [7, 11) is 1.84. The maximum atomic E-state index is 12.1. The minimum Gasteiger partial charge on any atom is -0.481 e. The van der Waals surface area contributed by atoms with Gasteiger partial charge < -0.3 is 10.4 Å². The number of hydrogen-bond acceptors (Lipinski definition) is 3. The molecule has 2 atom stereocenters. The number of nitrogens with one attached hydrogen (secondary N) is 1. The van der Waals surface area contributed by atoms with E-state index in [2.05, 4.69) is 10.4 Å². The van der Waals surface area contributed by atoms with E-state index >= 15 is 0 Å². The molecule has 2 N–H and O–H groups in total. The Labute approximate surface area is 118 Å². The van der Waals surface area contributed by atoms with Gasteiger partial charge in [-0.05, 0) is 11.8 Å². The van der Waals surface area contributed by atoms with Crippen LogP contribution in [0.25, 0.3) is 0 Å². The van der Waals surface area contributed by atoms with Crippen molar-refractivity contribution in [2.45, 2.75) is 33.7 Å². The van der Waals surface area contributed by atoms with Crippen molar-refractivity contribution in [3.8, 4) is 0 Å². The second-order valence-electron chi connectivity index (χ2n) is 5.96. The number of carbonyl (C=O) groups is 2. The molecule has 0 radical (unpaired) electrons. The second kappa shape index (κ2) is 4.92. The van der Waals surface area contributed by atoms with Gasteiger partial charge in [-0.15, -0.1) is 0 Å². The van der Waals surface area contributed by atoms with Crippen LogP contribution in [0.15, 0.2) is 6.20 Å². The van der Waals surface area contributed by atoms with Gasteiger partial charge in [0.25, 0.3) is 0 Å². The molecular weight excluding hydrogens is 258 g/mol. The number of amides is 1. The van der Waals surface area contributed by atoms with Gasteiger partial charge in [-0.2, -0.15) is 5.10 Å². The third-order valence-corrected chi connectivity index (χ3v) is 4.16. The Morgan fingerprint density at radius 1 is 1.45 bits per heavy atom. The standard InChI is InChI=1S/C14H21N3O3/c1-5-9-8(7-17(4)16-9)6-15-12(18)10-11(13(19)20)14(10,2)3/h7,10-11H,5-6H2,1-4H3,(H,15,18)(H,19,20)/t10-,11+/m1/s1. The number of rotatable bonds is 5. The number of hydrogen-bond donors (Lipinski definition) is 2. The lowest BCUT2D eigenvalue weighted by atomic mass is 10.1.